The minimum absolute atomic E-state index is 0.628. The van der Waals surface area contributed by atoms with Crippen molar-refractivity contribution < 1.29 is 0 Å². The molecule has 0 radical (unpaired) electrons. The molecular formula is C11H11BrN4S. The molecule has 0 aliphatic heterocycles. The molecule has 0 fully saturated rings. The van der Waals surface area contributed by atoms with Gasteiger partial charge in [0.25, 0.3) is 0 Å². The fourth-order valence-corrected chi connectivity index (χ4v) is 2.69. The lowest BCUT2D eigenvalue weighted by Crippen LogP contribution is -2.09. The fourth-order valence-electron chi connectivity index (χ4n) is 1.25. The summed E-state index contributed by atoms with van der Waals surface area (Å²) < 4.78 is 1.08. The van der Waals surface area contributed by atoms with Gasteiger partial charge in [0.2, 0.25) is 0 Å². The van der Waals surface area contributed by atoms with Gasteiger partial charge >= 0.3 is 0 Å². The average Bonchev–Trinajstić information content (AvgIpc) is 2.38. The molecule has 0 bridgehead atoms. The highest BCUT2D eigenvalue weighted by atomic mass is 79.9. The van der Waals surface area contributed by atoms with Crippen LogP contribution in [0.4, 0.5) is 5.82 Å². The molecule has 1 heterocycles. The topological polar surface area (TPSA) is 63.8 Å². The van der Waals surface area contributed by atoms with Gasteiger partial charge in [0.05, 0.1) is 5.75 Å². The number of hydrogen-bond acceptors (Lipinski definition) is 5. The molecule has 6 heteroatoms. The molecule has 2 aromatic rings. The Morgan fingerprint density at radius 2 is 2.12 bits per heavy atom. The van der Waals surface area contributed by atoms with Crippen LogP contribution in [0.3, 0.4) is 0 Å². The predicted octanol–water partition coefficient (Wildman–Crippen LogP) is 2.82. The molecular weight excluding hydrogens is 300 g/mol. The Balaban J connectivity index is 2.05. The van der Waals surface area contributed by atoms with Crippen LogP contribution in [0.15, 0.2) is 45.9 Å². The monoisotopic (exact) mass is 310 g/mol. The molecule has 0 aliphatic rings. The minimum Gasteiger partial charge on any atom is -0.308 e. The zero-order valence-electron chi connectivity index (χ0n) is 8.93. The summed E-state index contributed by atoms with van der Waals surface area (Å²) in [6.45, 7) is 0. The van der Waals surface area contributed by atoms with E-state index in [1.54, 1.807) is 24.0 Å². The molecule has 1 aromatic carbocycles. The van der Waals surface area contributed by atoms with Crippen molar-refractivity contribution in [2.45, 2.75) is 10.6 Å². The first-order valence-electron chi connectivity index (χ1n) is 4.95. The van der Waals surface area contributed by atoms with Crippen molar-refractivity contribution >= 4 is 33.5 Å². The number of halogens is 1. The first-order chi connectivity index (χ1) is 8.29. The highest BCUT2D eigenvalue weighted by Gasteiger charge is 2.02. The molecule has 88 valence electrons. The number of aromatic nitrogens is 2. The van der Waals surface area contributed by atoms with Crippen LogP contribution >= 0.6 is 27.7 Å². The van der Waals surface area contributed by atoms with Gasteiger partial charge in [0, 0.05) is 21.6 Å². The molecule has 0 saturated carbocycles. The summed E-state index contributed by atoms with van der Waals surface area (Å²) in [5.41, 5.74) is 2.51. The van der Waals surface area contributed by atoms with Gasteiger partial charge in [-0.05, 0) is 28.1 Å². The van der Waals surface area contributed by atoms with E-state index in [-0.39, 0.29) is 0 Å². The normalized spacial score (nSPS) is 10.2. The van der Waals surface area contributed by atoms with E-state index in [1.165, 1.54) is 4.90 Å². The Labute approximate surface area is 112 Å². The second kappa shape index (κ2) is 6.00. The lowest BCUT2D eigenvalue weighted by Gasteiger charge is -2.04. The number of benzene rings is 1. The van der Waals surface area contributed by atoms with Gasteiger partial charge in [-0.15, -0.1) is 11.8 Å². The van der Waals surface area contributed by atoms with E-state index < -0.39 is 0 Å². The van der Waals surface area contributed by atoms with Crippen LogP contribution in [0.2, 0.25) is 0 Å². The number of thioether (sulfide) groups is 1. The highest BCUT2D eigenvalue weighted by molar-refractivity contribution is 9.10. The number of nitrogen functional groups attached to an aromatic ring is 1. The summed E-state index contributed by atoms with van der Waals surface area (Å²) in [5, 5.41) is 0. The number of rotatable bonds is 4. The lowest BCUT2D eigenvalue weighted by molar-refractivity contribution is 1.02. The fraction of sp³-hybridized carbons (Fsp3) is 0.0909. The summed E-state index contributed by atoms with van der Waals surface area (Å²) in [6.07, 6.45) is 1.69. The van der Waals surface area contributed by atoms with Crippen molar-refractivity contribution in [3.63, 3.8) is 0 Å². The zero-order chi connectivity index (χ0) is 12.1. The van der Waals surface area contributed by atoms with Gasteiger partial charge in [0.15, 0.2) is 0 Å². The van der Waals surface area contributed by atoms with Crippen LogP contribution in [0, 0.1) is 0 Å². The number of nitrogens with zero attached hydrogens (tertiary/aromatic N) is 2. The molecule has 0 saturated heterocycles. The second-order valence-corrected chi connectivity index (χ2v) is 5.09. The predicted molar refractivity (Wildman–Crippen MR) is 73.5 cm³/mol. The van der Waals surface area contributed by atoms with Crippen molar-refractivity contribution in [3.05, 3.63) is 46.8 Å². The third kappa shape index (κ3) is 3.42. The molecule has 17 heavy (non-hydrogen) atoms. The Hall–Kier alpha value is -1.11. The van der Waals surface area contributed by atoms with Crippen LogP contribution < -0.4 is 11.3 Å². The SMILES string of the molecule is NNc1ccnc(CSc2ccccc2Br)n1. The van der Waals surface area contributed by atoms with E-state index in [4.69, 9.17) is 5.84 Å². The Bertz CT molecular complexity index is 506. The standard InChI is InChI=1S/C11H11BrN4S/c12-8-3-1-2-4-9(8)17-7-11-14-6-5-10(15-11)16-13/h1-6H,7,13H2,(H,14,15,16). The molecule has 0 unspecified atom stereocenters. The van der Waals surface area contributed by atoms with Crippen molar-refractivity contribution in [3.8, 4) is 0 Å². The third-order valence-corrected chi connectivity index (χ3v) is 4.07. The number of anilines is 1. The molecule has 0 aliphatic carbocycles. The molecule has 1 aromatic heterocycles. The van der Waals surface area contributed by atoms with E-state index in [0.29, 0.717) is 11.6 Å². The van der Waals surface area contributed by atoms with Gasteiger partial charge in [-0.3, -0.25) is 0 Å². The van der Waals surface area contributed by atoms with Crippen LogP contribution in [-0.2, 0) is 5.75 Å². The quantitative estimate of drug-likeness (QED) is 0.516. The number of hydrazine groups is 1. The summed E-state index contributed by atoms with van der Waals surface area (Å²) in [7, 11) is 0. The van der Waals surface area contributed by atoms with Crippen LogP contribution in [-0.4, -0.2) is 9.97 Å². The second-order valence-electron chi connectivity index (χ2n) is 3.22. The van der Waals surface area contributed by atoms with Crippen molar-refractivity contribution in [1.82, 2.24) is 9.97 Å². The van der Waals surface area contributed by atoms with Gasteiger partial charge in [-0.25, -0.2) is 15.8 Å². The van der Waals surface area contributed by atoms with E-state index >= 15 is 0 Å². The van der Waals surface area contributed by atoms with E-state index in [1.807, 2.05) is 18.2 Å². The Kier molecular flexibility index (Phi) is 4.36. The Morgan fingerprint density at radius 1 is 1.29 bits per heavy atom. The summed E-state index contributed by atoms with van der Waals surface area (Å²) >= 11 is 5.18. The summed E-state index contributed by atoms with van der Waals surface area (Å²) in [6, 6.07) is 9.79. The molecule has 3 N–H and O–H groups in total. The van der Waals surface area contributed by atoms with E-state index in [0.717, 1.165) is 10.3 Å². The summed E-state index contributed by atoms with van der Waals surface area (Å²) in [4.78, 5) is 9.61. The van der Waals surface area contributed by atoms with Gasteiger partial charge in [0.1, 0.15) is 11.6 Å². The molecule has 0 spiro atoms. The largest absolute Gasteiger partial charge is 0.308 e. The zero-order valence-corrected chi connectivity index (χ0v) is 11.3. The highest BCUT2D eigenvalue weighted by Crippen LogP contribution is 2.28. The Morgan fingerprint density at radius 3 is 2.88 bits per heavy atom. The molecule has 4 nitrogen and oxygen atoms in total. The van der Waals surface area contributed by atoms with Crippen molar-refractivity contribution in [2.24, 2.45) is 5.84 Å². The summed E-state index contributed by atoms with van der Waals surface area (Å²) in [5.74, 6) is 7.38. The van der Waals surface area contributed by atoms with Crippen molar-refractivity contribution in [1.29, 1.82) is 0 Å². The van der Waals surface area contributed by atoms with Gasteiger partial charge in [-0.2, -0.15) is 0 Å². The first kappa shape index (κ1) is 12.3. The van der Waals surface area contributed by atoms with Crippen molar-refractivity contribution in [2.75, 3.05) is 5.43 Å². The number of nitrogens with one attached hydrogen (secondary N) is 1. The molecule has 0 atom stereocenters. The smallest absolute Gasteiger partial charge is 0.143 e. The average molecular weight is 311 g/mol. The van der Waals surface area contributed by atoms with Crippen LogP contribution in [0.1, 0.15) is 5.82 Å². The first-order valence-corrected chi connectivity index (χ1v) is 6.73. The van der Waals surface area contributed by atoms with Crippen LogP contribution in [0.5, 0.6) is 0 Å². The maximum absolute atomic E-state index is 5.30. The van der Waals surface area contributed by atoms with Crippen LogP contribution in [0.25, 0.3) is 0 Å². The third-order valence-electron chi connectivity index (χ3n) is 2.05. The molecule has 2 rings (SSSR count). The maximum Gasteiger partial charge on any atom is 0.143 e. The van der Waals surface area contributed by atoms with Gasteiger partial charge < -0.3 is 5.43 Å². The number of hydrogen-bond donors (Lipinski definition) is 2. The molecule has 0 amide bonds. The van der Waals surface area contributed by atoms with E-state index in [2.05, 4.69) is 37.4 Å². The van der Waals surface area contributed by atoms with E-state index in [9.17, 15) is 0 Å². The number of nitrogens with two attached hydrogens (primary N) is 1. The maximum atomic E-state index is 5.30. The minimum atomic E-state index is 0.628. The van der Waals surface area contributed by atoms with Gasteiger partial charge in [-0.1, -0.05) is 12.1 Å². The lowest BCUT2D eigenvalue weighted by atomic mass is 10.4.